The minimum Gasteiger partial charge on any atom is -0.449 e. The van der Waals surface area contributed by atoms with Crippen molar-refractivity contribution in [2.24, 2.45) is 0 Å². The lowest BCUT2D eigenvalue weighted by Gasteiger charge is -2.21. The molecule has 2 aromatic carbocycles. The lowest BCUT2D eigenvalue weighted by atomic mass is 10.2. The van der Waals surface area contributed by atoms with E-state index in [1.807, 2.05) is 54.6 Å². The van der Waals surface area contributed by atoms with E-state index in [1.54, 1.807) is 20.0 Å². The third-order valence-electron chi connectivity index (χ3n) is 4.05. The number of amides is 1. The molecule has 27 heavy (non-hydrogen) atoms. The maximum absolute atomic E-state index is 12.4. The number of fused-ring (bicyclic) bond motifs is 1. The van der Waals surface area contributed by atoms with Gasteiger partial charge in [-0.15, -0.1) is 11.3 Å². The van der Waals surface area contributed by atoms with Gasteiger partial charge in [0.05, 0.1) is 5.02 Å². The van der Waals surface area contributed by atoms with Crippen molar-refractivity contribution >= 4 is 56.7 Å². The summed E-state index contributed by atoms with van der Waals surface area (Å²) in [6.07, 6.45) is 2.02. The number of likely N-dealkylation sites (N-methyl/N-ethyl adjacent to an activating group) is 1. The van der Waals surface area contributed by atoms with Crippen LogP contribution in [-0.4, -0.2) is 25.0 Å². The highest BCUT2D eigenvalue weighted by molar-refractivity contribution is 7.20. The SMILES string of the molecule is C[C@H](OC(=O)/C=C/c1sc2ccccc2c1Cl)C(=O)N(C)c1ccccc1. The van der Waals surface area contributed by atoms with E-state index in [-0.39, 0.29) is 5.91 Å². The van der Waals surface area contributed by atoms with Crippen molar-refractivity contribution in [3.05, 3.63) is 70.6 Å². The van der Waals surface area contributed by atoms with Crippen LogP contribution in [0.15, 0.2) is 60.7 Å². The molecule has 0 saturated heterocycles. The summed E-state index contributed by atoms with van der Waals surface area (Å²) in [4.78, 5) is 26.8. The molecule has 0 N–H and O–H groups in total. The fourth-order valence-electron chi connectivity index (χ4n) is 2.60. The highest BCUT2D eigenvalue weighted by Crippen LogP contribution is 2.35. The van der Waals surface area contributed by atoms with Gasteiger partial charge >= 0.3 is 5.97 Å². The van der Waals surface area contributed by atoms with Crippen molar-refractivity contribution in [1.82, 2.24) is 0 Å². The molecule has 0 bridgehead atoms. The maximum atomic E-state index is 12.4. The average Bonchev–Trinajstić information content (AvgIpc) is 3.02. The molecule has 0 aliphatic heterocycles. The first-order chi connectivity index (χ1) is 13.0. The lowest BCUT2D eigenvalue weighted by Crippen LogP contribution is -2.37. The summed E-state index contributed by atoms with van der Waals surface area (Å²) in [5.41, 5.74) is 0.734. The normalized spacial score (nSPS) is 12.3. The molecule has 0 aliphatic carbocycles. The van der Waals surface area contributed by atoms with Gasteiger partial charge in [0.15, 0.2) is 6.10 Å². The smallest absolute Gasteiger partial charge is 0.331 e. The Morgan fingerprint density at radius 3 is 2.48 bits per heavy atom. The molecule has 0 fully saturated rings. The maximum Gasteiger partial charge on any atom is 0.331 e. The number of rotatable bonds is 5. The number of hydrogen-bond acceptors (Lipinski definition) is 4. The van der Waals surface area contributed by atoms with Crippen molar-refractivity contribution in [3.63, 3.8) is 0 Å². The second-order valence-corrected chi connectivity index (χ2v) is 7.38. The van der Waals surface area contributed by atoms with Crippen LogP contribution in [0, 0.1) is 0 Å². The molecule has 4 nitrogen and oxygen atoms in total. The van der Waals surface area contributed by atoms with Crippen molar-refractivity contribution in [3.8, 4) is 0 Å². The predicted octanol–water partition coefficient (Wildman–Crippen LogP) is 5.16. The number of nitrogens with zero attached hydrogens (tertiary/aromatic N) is 1. The Bertz CT molecular complexity index is 997. The summed E-state index contributed by atoms with van der Waals surface area (Å²) in [7, 11) is 1.65. The monoisotopic (exact) mass is 399 g/mol. The number of carbonyl (C=O) groups excluding carboxylic acids is 2. The molecule has 0 spiro atoms. The molecule has 138 valence electrons. The first kappa shape index (κ1) is 19.1. The molecule has 1 aromatic heterocycles. The topological polar surface area (TPSA) is 46.6 Å². The molecule has 3 rings (SSSR count). The third kappa shape index (κ3) is 4.38. The molecule has 0 aliphatic rings. The van der Waals surface area contributed by atoms with E-state index in [2.05, 4.69) is 0 Å². The van der Waals surface area contributed by atoms with Gasteiger partial charge in [-0.25, -0.2) is 4.79 Å². The minimum atomic E-state index is -0.898. The Morgan fingerprint density at radius 1 is 1.11 bits per heavy atom. The van der Waals surface area contributed by atoms with Crippen LogP contribution < -0.4 is 4.90 Å². The van der Waals surface area contributed by atoms with E-state index in [1.165, 1.54) is 22.3 Å². The van der Waals surface area contributed by atoms with Crippen molar-refractivity contribution in [1.29, 1.82) is 0 Å². The Labute approximate surface area is 166 Å². The molecule has 6 heteroatoms. The van der Waals surface area contributed by atoms with Crippen LogP contribution in [0.1, 0.15) is 11.8 Å². The Hall–Kier alpha value is -2.63. The second kappa shape index (κ2) is 8.37. The number of anilines is 1. The zero-order valence-electron chi connectivity index (χ0n) is 14.9. The van der Waals surface area contributed by atoms with Crippen LogP contribution in [0.2, 0.25) is 5.02 Å². The van der Waals surface area contributed by atoms with Crippen molar-refractivity contribution in [2.45, 2.75) is 13.0 Å². The van der Waals surface area contributed by atoms with Gasteiger partial charge in [-0.3, -0.25) is 4.79 Å². The molecule has 0 saturated carbocycles. The van der Waals surface area contributed by atoms with Crippen LogP contribution in [0.25, 0.3) is 16.2 Å². The molecule has 1 heterocycles. The van der Waals surface area contributed by atoms with Gasteiger partial charge in [0.1, 0.15) is 0 Å². The van der Waals surface area contributed by atoms with Gasteiger partial charge in [-0.1, -0.05) is 48.0 Å². The highest BCUT2D eigenvalue weighted by atomic mass is 35.5. The van der Waals surface area contributed by atoms with E-state index in [9.17, 15) is 9.59 Å². The van der Waals surface area contributed by atoms with Crippen LogP contribution in [0.4, 0.5) is 5.69 Å². The molecular weight excluding hydrogens is 382 g/mol. The molecule has 0 unspecified atom stereocenters. The minimum absolute atomic E-state index is 0.303. The molecule has 1 amide bonds. The Morgan fingerprint density at radius 2 is 1.78 bits per heavy atom. The lowest BCUT2D eigenvalue weighted by molar-refractivity contribution is -0.148. The van der Waals surface area contributed by atoms with E-state index >= 15 is 0 Å². The summed E-state index contributed by atoms with van der Waals surface area (Å²) in [5.74, 6) is -0.895. The summed E-state index contributed by atoms with van der Waals surface area (Å²) < 4.78 is 6.28. The number of hydrogen-bond donors (Lipinski definition) is 0. The van der Waals surface area contributed by atoms with Gasteiger partial charge in [-0.2, -0.15) is 0 Å². The summed E-state index contributed by atoms with van der Waals surface area (Å²) in [6, 6.07) is 16.9. The highest BCUT2D eigenvalue weighted by Gasteiger charge is 2.21. The molecular formula is C21H18ClNO3S. The first-order valence-electron chi connectivity index (χ1n) is 8.35. The fraction of sp³-hybridized carbons (Fsp3) is 0.143. The zero-order valence-corrected chi connectivity index (χ0v) is 16.5. The summed E-state index contributed by atoms with van der Waals surface area (Å²) in [6.45, 7) is 1.56. The van der Waals surface area contributed by atoms with Crippen LogP contribution in [0.3, 0.4) is 0 Å². The van der Waals surface area contributed by atoms with Gasteiger partial charge in [-0.05, 0) is 31.2 Å². The zero-order chi connectivity index (χ0) is 19.4. The van der Waals surface area contributed by atoms with E-state index in [0.717, 1.165) is 20.7 Å². The van der Waals surface area contributed by atoms with E-state index in [0.29, 0.717) is 5.02 Å². The molecule has 1 atom stereocenters. The summed E-state index contributed by atoms with van der Waals surface area (Å²) >= 11 is 7.84. The van der Waals surface area contributed by atoms with Crippen LogP contribution in [-0.2, 0) is 14.3 Å². The van der Waals surface area contributed by atoms with Gasteiger partial charge in [0.2, 0.25) is 0 Å². The van der Waals surface area contributed by atoms with E-state index in [4.69, 9.17) is 16.3 Å². The van der Waals surface area contributed by atoms with Crippen LogP contribution >= 0.6 is 22.9 Å². The number of benzene rings is 2. The Balaban J connectivity index is 1.65. The number of esters is 1. The number of ether oxygens (including phenoxy) is 1. The fourth-order valence-corrected chi connectivity index (χ4v) is 4.00. The Kier molecular flexibility index (Phi) is 5.94. The molecule has 0 radical (unpaired) electrons. The van der Waals surface area contributed by atoms with Crippen LogP contribution in [0.5, 0.6) is 0 Å². The molecule has 3 aromatic rings. The summed E-state index contributed by atoms with van der Waals surface area (Å²) in [5, 5.41) is 1.55. The number of halogens is 1. The van der Waals surface area contributed by atoms with Crippen molar-refractivity contribution < 1.29 is 14.3 Å². The van der Waals surface area contributed by atoms with Gasteiger partial charge in [0.25, 0.3) is 5.91 Å². The quantitative estimate of drug-likeness (QED) is 0.439. The standard InChI is InChI=1S/C21H18ClNO3S/c1-14(21(25)23(2)15-8-4-3-5-9-15)26-19(24)13-12-18-20(22)16-10-6-7-11-17(16)27-18/h3-14H,1-2H3/b13-12+/t14-/m0/s1. The number of para-hydroxylation sites is 1. The van der Waals surface area contributed by atoms with Crippen molar-refractivity contribution in [2.75, 3.05) is 11.9 Å². The number of thiophene rings is 1. The average molecular weight is 400 g/mol. The van der Waals surface area contributed by atoms with E-state index < -0.39 is 12.1 Å². The van der Waals surface area contributed by atoms with Gasteiger partial charge < -0.3 is 9.64 Å². The third-order valence-corrected chi connectivity index (χ3v) is 5.70. The largest absolute Gasteiger partial charge is 0.449 e. The number of carbonyl (C=O) groups is 2. The van der Waals surface area contributed by atoms with Gasteiger partial charge in [0, 0.05) is 33.8 Å². The second-order valence-electron chi connectivity index (χ2n) is 5.92. The first-order valence-corrected chi connectivity index (χ1v) is 9.55. The predicted molar refractivity (Wildman–Crippen MR) is 111 cm³/mol.